The minimum atomic E-state index is -0.477. The van der Waals surface area contributed by atoms with Crippen LogP contribution in [-0.2, 0) is 0 Å². The third-order valence-electron chi connectivity index (χ3n) is 2.76. The van der Waals surface area contributed by atoms with E-state index in [0.29, 0.717) is 11.2 Å². The molecule has 100 valence electrons. The maximum Gasteiger partial charge on any atom is 0.344 e. The summed E-state index contributed by atoms with van der Waals surface area (Å²) in [5.74, 6) is -0.299. The number of esters is 1. The Balaban J connectivity index is 1.95. The SMILES string of the molecule is Cc1cc(OC(=O)c2ccccc2)nc2[nH]c(=O)sc12. The van der Waals surface area contributed by atoms with E-state index in [0.717, 1.165) is 21.6 Å². The van der Waals surface area contributed by atoms with Crippen LogP contribution in [0, 0.1) is 6.92 Å². The van der Waals surface area contributed by atoms with Crippen molar-refractivity contribution in [3.05, 3.63) is 57.2 Å². The number of nitrogens with one attached hydrogen (secondary N) is 1. The van der Waals surface area contributed by atoms with Gasteiger partial charge >= 0.3 is 10.8 Å². The van der Waals surface area contributed by atoms with Crippen molar-refractivity contribution in [2.45, 2.75) is 6.92 Å². The highest BCUT2D eigenvalue weighted by Crippen LogP contribution is 2.22. The first-order valence-corrected chi connectivity index (χ1v) is 6.73. The lowest BCUT2D eigenvalue weighted by Crippen LogP contribution is -2.09. The molecule has 0 aliphatic rings. The molecule has 0 saturated heterocycles. The second-order valence-corrected chi connectivity index (χ2v) is 5.21. The number of H-pyrrole nitrogens is 1. The number of carbonyl (C=O) groups excluding carboxylic acids is 1. The molecule has 2 heterocycles. The highest BCUT2D eigenvalue weighted by Gasteiger charge is 2.12. The van der Waals surface area contributed by atoms with Gasteiger partial charge in [0.25, 0.3) is 0 Å². The molecule has 0 bridgehead atoms. The molecule has 2 aromatic heterocycles. The molecule has 20 heavy (non-hydrogen) atoms. The fraction of sp³-hybridized carbons (Fsp3) is 0.0714. The number of benzene rings is 1. The number of hydrogen-bond acceptors (Lipinski definition) is 5. The van der Waals surface area contributed by atoms with Crippen LogP contribution >= 0.6 is 11.3 Å². The zero-order valence-electron chi connectivity index (χ0n) is 10.5. The van der Waals surface area contributed by atoms with Gasteiger partial charge in [0, 0.05) is 6.07 Å². The number of pyridine rings is 1. The molecule has 0 aliphatic carbocycles. The second-order valence-electron chi connectivity index (χ2n) is 4.23. The average molecular weight is 286 g/mol. The van der Waals surface area contributed by atoms with E-state index < -0.39 is 5.97 Å². The molecule has 1 N–H and O–H groups in total. The largest absolute Gasteiger partial charge is 0.404 e. The van der Waals surface area contributed by atoms with Gasteiger partial charge in [-0.1, -0.05) is 29.5 Å². The van der Waals surface area contributed by atoms with Crippen LogP contribution in [0.2, 0.25) is 0 Å². The fourth-order valence-corrected chi connectivity index (χ4v) is 2.59. The molecule has 3 rings (SSSR count). The Bertz CT molecular complexity index is 836. The van der Waals surface area contributed by atoms with Crippen LogP contribution in [0.15, 0.2) is 41.2 Å². The second kappa shape index (κ2) is 4.90. The van der Waals surface area contributed by atoms with Crippen LogP contribution in [0.1, 0.15) is 15.9 Å². The van der Waals surface area contributed by atoms with Crippen LogP contribution in [0.25, 0.3) is 10.3 Å². The van der Waals surface area contributed by atoms with E-state index in [2.05, 4.69) is 9.97 Å². The van der Waals surface area contributed by atoms with Gasteiger partial charge in [-0.05, 0) is 24.6 Å². The van der Waals surface area contributed by atoms with Crippen LogP contribution in [0.5, 0.6) is 5.88 Å². The first-order valence-electron chi connectivity index (χ1n) is 5.91. The maximum absolute atomic E-state index is 11.9. The summed E-state index contributed by atoms with van der Waals surface area (Å²) in [6.45, 7) is 1.84. The van der Waals surface area contributed by atoms with Gasteiger partial charge in [0.1, 0.15) is 0 Å². The number of carbonyl (C=O) groups is 1. The van der Waals surface area contributed by atoms with Crippen molar-refractivity contribution < 1.29 is 9.53 Å². The summed E-state index contributed by atoms with van der Waals surface area (Å²) in [5, 5.41) is 0. The molecule has 6 heteroatoms. The van der Waals surface area contributed by atoms with Crippen molar-refractivity contribution in [2.24, 2.45) is 0 Å². The lowest BCUT2D eigenvalue weighted by Gasteiger charge is -2.04. The quantitative estimate of drug-likeness (QED) is 0.735. The highest BCUT2D eigenvalue weighted by atomic mass is 32.1. The first kappa shape index (κ1) is 12.6. The molecule has 0 saturated carbocycles. The maximum atomic E-state index is 11.9. The van der Waals surface area contributed by atoms with Gasteiger partial charge in [0.05, 0.1) is 10.3 Å². The number of fused-ring (bicyclic) bond motifs is 1. The van der Waals surface area contributed by atoms with Crippen molar-refractivity contribution >= 4 is 27.7 Å². The van der Waals surface area contributed by atoms with Gasteiger partial charge in [-0.2, -0.15) is 4.98 Å². The fourth-order valence-electron chi connectivity index (χ4n) is 1.84. The molecule has 5 nitrogen and oxygen atoms in total. The standard InChI is InChI=1S/C14H10N2O3S/c1-8-7-10(15-12-11(8)20-14(18)16-12)19-13(17)9-5-3-2-4-6-9/h2-7H,1H3,(H,15,16,18). The third kappa shape index (κ3) is 2.33. The summed E-state index contributed by atoms with van der Waals surface area (Å²) in [6, 6.07) is 10.3. The van der Waals surface area contributed by atoms with Crippen LogP contribution in [0.3, 0.4) is 0 Å². The summed E-state index contributed by atoms with van der Waals surface area (Å²) in [5.41, 5.74) is 1.73. The van der Waals surface area contributed by atoms with Gasteiger partial charge < -0.3 is 4.74 Å². The Morgan fingerprint density at radius 2 is 2.05 bits per heavy atom. The third-order valence-corrected chi connectivity index (χ3v) is 3.76. The van der Waals surface area contributed by atoms with E-state index in [1.807, 2.05) is 13.0 Å². The Morgan fingerprint density at radius 1 is 1.30 bits per heavy atom. The first-order chi connectivity index (χ1) is 9.63. The molecule has 0 aliphatic heterocycles. The molecular formula is C14H10N2O3S. The number of aromatic nitrogens is 2. The van der Waals surface area contributed by atoms with Crippen molar-refractivity contribution in [1.82, 2.24) is 9.97 Å². The van der Waals surface area contributed by atoms with E-state index in [-0.39, 0.29) is 10.8 Å². The molecule has 0 spiro atoms. The van der Waals surface area contributed by atoms with Gasteiger partial charge in [-0.15, -0.1) is 0 Å². The Morgan fingerprint density at radius 3 is 2.80 bits per heavy atom. The number of ether oxygens (including phenoxy) is 1. The molecular weight excluding hydrogens is 276 g/mol. The zero-order chi connectivity index (χ0) is 14.1. The predicted octanol–water partition coefficient (Wildman–Crippen LogP) is 2.51. The zero-order valence-corrected chi connectivity index (χ0v) is 11.4. The number of aromatic amines is 1. The van der Waals surface area contributed by atoms with E-state index in [9.17, 15) is 9.59 Å². The summed E-state index contributed by atoms with van der Waals surface area (Å²) in [4.78, 5) is 29.8. The molecule has 3 aromatic rings. The molecule has 0 atom stereocenters. The monoisotopic (exact) mass is 286 g/mol. The number of aryl methyl sites for hydroxylation is 1. The lowest BCUT2D eigenvalue weighted by molar-refractivity contribution is 0.0728. The van der Waals surface area contributed by atoms with Gasteiger partial charge in [-0.3, -0.25) is 9.78 Å². The van der Waals surface area contributed by atoms with E-state index in [1.54, 1.807) is 30.3 Å². The average Bonchev–Trinajstić information content (AvgIpc) is 2.81. The summed E-state index contributed by atoms with van der Waals surface area (Å²) < 4.78 is 6.00. The summed E-state index contributed by atoms with van der Waals surface area (Å²) in [7, 11) is 0. The number of thiazole rings is 1. The van der Waals surface area contributed by atoms with Crippen LogP contribution < -0.4 is 9.61 Å². The Labute approximate surface area is 117 Å². The molecule has 1 aromatic carbocycles. The molecule has 0 radical (unpaired) electrons. The van der Waals surface area contributed by atoms with Crippen LogP contribution in [0.4, 0.5) is 0 Å². The van der Waals surface area contributed by atoms with Crippen LogP contribution in [-0.4, -0.2) is 15.9 Å². The number of rotatable bonds is 2. The minimum Gasteiger partial charge on any atom is -0.404 e. The van der Waals surface area contributed by atoms with E-state index >= 15 is 0 Å². The normalized spacial score (nSPS) is 10.7. The number of nitrogens with zero attached hydrogens (tertiary/aromatic N) is 1. The van der Waals surface area contributed by atoms with Gasteiger partial charge in [-0.25, -0.2) is 4.79 Å². The van der Waals surface area contributed by atoms with Gasteiger partial charge in [0.15, 0.2) is 5.65 Å². The van der Waals surface area contributed by atoms with Crippen molar-refractivity contribution in [2.75, 3.05) is 0 Å². The molecule has 0 amide bonds. The van der Waals surface area contributed by atoms with Crippen molar-refractivity contribution in [3.63, 3.8) is 0 Å². The predicted molar refractivity (Wildman–Crippen MR) is 76.4 cm³/mol. The number of hydrogen-bond donors (Lipinski definition) is 1. The Hall–Kier alpha value is -2.47. The Kier molecular flexibility index (Phi) is 3.08. The molecule has 0 unspecified atom stereocenters. The topological polar surface area (TPSA) is 72.0 Å². The van der Waals surface area contributed by atoms with Gasteiger partial charge in [0.2, 0.25) is 5.88 Å². The van der Waals surface area contributed by atoms with E-state index in [1.165, 1.54) is 0 Å². The summed E-state index contributed by atoms with van der Waals surface area (Å²) >= 11 is 1.09. The lowest BCUT2D eigenvalue weighted by atomic mass is 10.2. The molecule has 0 fully saturated rings. The summed E-state index contributed by atoms with van der Waals surface area (Å²) in [6.07, 6.45) is 0. The van der Waals surface area contributed by atoms with Crippen molar-refractivity contribution in [1.29, 1.82) is 0 Å². The minimum absolute atomic E-state index is 0.179. The smallest absolute Gasteiger partial charge is 0.344 e. The van der Waals surface area contributed by atoms with Crippen molar-refractivity contribution in [3.8, 4) is 5.88 Å². The highest BCUT2D eigenvalue weighted by molar-refractivity contribution is 7.16. The van der Waals surface area contributed by atoms with E-state index in [4.69, 9.17) is 4.74 Å².